The van der Waals surface area contributed by atoms with Crippen LogP contribution < -0.4 is 11.2 Å². The topological polar surface area (TPSA) is 198 Å². The fourth-order valence-corrected chi connectivity index (χ4v) is 3.05. The number of nitrogens with one attached hydrogen (secondary N) is 1. The number of phosphoric ester groups is 2. The van der Waals surface area contributed by atoms with E-state index < -0.39 is 51.9 Å². The second-order valence-electron chi connectivity index (χ2n) is 4.82. The summed E-state index contributed by atoms with van der Waals surface area (Å²) in [5.41, 5.74) is -1.61. The summed E-state index contributed by atoms with van der Waals surface area (Å²) >= 11 is 0. The largest absolute Gasteiger partial charge is 0.470 e. The predicted molar refractivity (Wildman–Crippen MR) is 74.8 cm³/mol. The molecule has 5 N–H and O–H groups in total. The highest BCUT2D eigenvalue weighted by Crippen LogP contribution is 2.45. The van der Waals surface area contributed by atoms with Gasteiger partial charge in [-0.3, -0.25) is 23.4 Å². The second-order valence-corrected chi connectivity index (χ2v) is 7.25. The van der Waals surface area contributed by atoms with Gasteiger partial charge in [0.2, 0.25) is 0 Å². The number of phosphoric acid groups is 2. The summed E-state index contributed by atoms with van der Waals surface area (Å²) in [5.74, 6) is 0. The molecule has 0 aromatic carbocycles. The van der Waals surface area contributed by atoms with Crippen LogP contribution in [0.5, 0.6) is 0 Å². The maximum Gasteiger partial charge on any atom is 0.470 e. The van der Waals surface area contributed by atoms with Gasteiger partial charge in [-0.15, -0.1) is 0 Å². The van der Waals surface area contributed by atoms with Crippen molar-refractivity contribution in [2.24, 2.45) is 0 Å². The van der Waals surface area contributed by atoms with Crippen LogP contribution in [0.3, 0.4) is 0 Å². The number of nitrogens with zero attached hydrogens (tertiary/aromatic N) is 1. The number of rotatable bonds is 6. The summed E-state index contributed by atoms with van der Waals surface area (Å²) in [7, 11) is -9.71. The average Bonchev–Trinajstić information content (AvgIpc) is 2.76. The lowest BCUT2D eigenvalue weighted by atomic mass is 10.2. The molecule has 24 heavy (non-hydrogen) atoms. The molecule has 1 aromatic rings. The van der Waals surface area contributed by atoms with E-state index >= 15 is 0 Å². The third-order valence-corrected chi connectivity index (χ3v) is 4.00. The molecule has 0 bridgehead atoms. The minimum absolute atomic E-state index is 0.221. The SMILES string of the molecule is O=c1ccn([C@@H]2O[C@H](COP(=O)(O)O)C[C@H]2OP(=O)(O)O)c(=O)[nH]1. The fourth-order valence-electron chi connectivity index (χ4n) is 2.15. The zero-order chi connectivity index (χ0) is 18.1. The zero-order valence-corrected chi connectivity index (χ0v) is 13.6. The Balaban J connectivity index is 2.24. The van der Waals surface area contributed by atoms with E-state index in [1.54, 1.807) is 0 Å². The number of hydrogen-bond acceptors (Lipinski definition) is 7. The maximum absolute atomic E-state index is 11.8. The minimum atomic E-state index is -4.94. The number of aromatic nitrogens is 2. The Bertz CT molecular complexity index is 791. The van der Waals surface area contributed by atoms with Crippen molar-refractivity contribution in [1.82, 2.24) is 9.55 Å². The summed E-state index contributed by atoms with van der Waals surface area (Å²) in [6.45, 7) is -0.597. The summed E-state index contributed by atoms with van der Waals surface area (Å²) in [6.07, 6.45) is -2.86. The summed E-state index contributed by atoms with van der Waals surface area (Å²) in [6, 6.07) is 0.985. The van der Waals surface area contributed by atoms with Gasteiger partial charge in [-0.05, 0) is 0 Å². The van der Waals surface area contributed by atoms with Gasteiger partial charge in [-0.1, -0.05) is 0 Å². The molecule has 2 heterocycles. The number of H-pyrrole nitrogens is 1. The quantitative estimate of drug-likeness (QED) is 0.352. The van der Waals surface area contributed by atoms with Gasteiger partial charge in [0, 0.05) is 18.7 Å². The predicted octanol–water partition coefficient (Wildman–Crippen LogP) is -1.59. The van der Waals surface area contributed by atoms with Crippen LogP contribution in [0.1, 0.15) is 12.6 Å². The summed E-state index contributed by atoms with van der Waals surface area (Å²) in [5, 5.41) is 0. The van der Waals surface area contributed by atoms with Crippen molar-refractivity contribution >= 4 is 15.6 Å². The van der Waals surface area contributed by atoms with Crippen molar-refractivity contribution in [2.75, 3.05) is 6.61 Å². The van der Waals surface area contributed by atoms with Gasteiger partial charge in [0.1, 0.15) is 6.10 Å². The highest BCUT2D eigenvalue weighted by Gasteiger charge is 2.42. The third kappa shape index (κ3) is 5.45. The lowest BCUT2D eigenvalue weighted by molar-refractivity contribution is -0.0514. The van der Waals surface area contributed by atoms with Gasteiger partial charge in [-0.2, -0.15) is 0 Å². The van der Waals surface area contributed by atoms with Gasteiger partial charge in [0.05, 0.1) is 12.7 Å². The van der Waals surface area contributed by atoms with Crippen molar-refractivity contribution in [1.29, 1.82) is 0 Å². The van der Waals surface area contributed by atoms with Crippen molar-refractivity contribution in [2.45, 2.75) is 24.9 Å². The molecule has 3 atom stereocenters. The van der Waals surface area contributed by atoms with E-state index in [-0.39, 0.29) is 6.42 Å². The number of ether oxygens (including phenoxy) is 1. The Labute approximate surface area is 133 Å². The molecule has 0 spiro atoms. The normalized spacial score (nSPS) is 25.1. The smallest absolute Gasteiger partial charge is 0.349 e. The maximum atomic E-state index is 11.8. The minimum Gasteiger partial charge on any atom is -0.349 e. The Morgan fingerprint density at radius 3 is 2.46 bits per heavy atom. The average molecular weight is 388 g/mol. The fraction of sp³-hybridized carbons (Fsp3) is 0.556. The lowest BCUT2D eigenvalue weighted by Crippen LogP contribution is -2.35. The van der Waals surface area contributed by atoms with Crippen LogP contribution in [0.4, 0.5) is 0 Å². The van der Waals surface area contributed by atoms with Gasteiger partial charge >= 0.3 is 21.3 Å². The Morgan fingerprint density at radius 1 is 1.25 bits per heavy atom. The van der Waals surface area contributed by atoms with Gasteiger partial charge in [0.25, 0.3) is 5.56 Å². The molecule has 136 valence electrons. The Kier molecular flexibility index (Phi) is 5.60. The second kappa shape index (κ2) is 7.00. The molecule has 1 aliphatic heterocycles. The van der Waals surface area contributed by atoms with Crippen molar-refractivity contribution in [3.05, 3.63) is 33.1 Å². The first kappa shape index (κ1) is 19.2. The molecule has 13 nitrogen and oxygen atoms in total. The molecule has 2 rings (SSSR count). The van der Waals surface area contributed by atoms with Crippen LogP contribution in [0.15, 0.2) is 21.9 Å². The van der Waals surface area contributed by atoms with Crippen LogP contribution in [0, 0.1) is 0 Å². The van der Waals surface area contributed by atoms with Gasteiger partial charge in [0.15, 0.2) is 6.23 Å². The van der Waals surface area contributed by atoms with E-state index in [0.717, 1.165) is 16.8 Å². The zero-order valence-electron chi connectivity index (χ0n) is 11.8. The molecular formula is C9H14N2O11P2. The molecule has 0 radical (unpaired) electrons. The highest BCUT2D eigenvalue weighted by atomic mass is 31.2. The van der Waals surface area contributed by atoms with Crippen LogP contribution in [0.2, 0.25) is 0 Å². The van der Waals surface area contributed by atoms with Crippen molar-refractivity contribution < 1.29 is 42.5 Å². The first-order valence-corrected chi connectivity index (χ1v) is 9.42. The molecule has 0 aliphatic carbocycles. The van der Waals surface area contributed by atoms with E-state index in [4.69, 9.17) is 24.3 Å². The van der Waals surface area contributed by atoms with E-state index in [2.05, 4.69) is 9.05 Å². The van der Waals surface area contributed by atoms with E-state index in [9.17, 15) is 18.7 Å². The van der Waals surface area contributed by atoms with Crippen molar-refractivity contribution in [3.63, 3.8) is 0 Å². The van der Waals surface area contributed by atoms with Gasteiger partial charge < -0.3 is 24.3 Å². The molecule has 1 aliphatic rings. The molecule has 0 amide bonds. The Hall–Kier alpha value is -1.14. The first-order chi connectivity index (χ1) is 10.9. The molecular weight excluding hydrogens is 374 g/mol. The van der Waals surface area contributed by atoms with Crippen molar-refractivity contribution in [3.8, 4) is 0 Å². The third-order valence-electron chi connectivity index (χ3n) is 2.97. The molecule has 1 saturated heterocycles. The monoisotopic (exact) mass is 388 g/mol. The van der Waals surface area contributed by atoms with Crippen LogP contribution in [-0.2, 0) is 22.9 Å². The summed E-state index contributed by atoms with van der Waals surface area (Å²) < 4.78 is 36.7. The van der Waals surface area contributed by atoms with E-state index in [0.29, 0.717) is 0 Å². The standard InChI is InChI=1S/C9H14N2O11P2/c12-7-1-2-11(9(13)10-7)8-6(22-24(17,18)19)3-5(21-8)4-20-23(14,15)16/h1-2,5-6,8H,3-4H2,(H,10,12,13)(H2,14,15,16)(H2,17,18,19)/t5-,6+,8+/m0/s1. The lowest BCUT2D eigenvalue weighted by Gasteiger charge is -2.20. The van der Waals surface area contributed by atoms with Crippen LogP contribution in [-0.4, -0.2) is 47.9 Å². The number of hydrogen-bond donors (Lipinski definition) is 5. The Morgan fingerprint density at radius 2 is 1.92 bits per heavy atom. The van der Waals surface area contributed by atoms with Crippen LogP contribution >= 0.6 is 15.6 Å². The number of aromatic amines is 1. The van der Waals surface area contributed by atoms with Crippen LogP contribution in [0.25, 0.3) is 0 Å². The van der Waals surface area contributed by atoms with Gasteiger partial charge in [-0.25, -0.2) is 13.9 Å². The summed E-state index contributed by atoms with van der Waals surface area (Å²) in [4.78, 5) is 60.0. The molecule has 15 heteroatoms. The molecule has 1 fully saturated rings. The highest BCUT2D eigenvalue weighted by molar-refractivity contribution is 7.46. The molecule has 0 unspecified atom stereocenters. The first-order valence-electron chi connectivity index (χ1n) is 6.35. The van der Waals surface area contributed by atoms with E-state index in [1.807, 2.05) is 4.98 Å². The van der Waals surface area contributed by atoms with E-state index in [1.165, 1.54) is 0 Å². The molecule has 0 saturated carbocycles. The molecule has 1 aromatic heterocycles.